The molecule has 1 unspecified atom stereocenters. The summed E-state index contributed by atoms with van der Waals surface area (Å²) in [4.78, 5) is 16.8. The van der Waals surface area contributed by atoms with Crippen molar-refractivity contribution in [2.75, 3.05) is 24.4 Å². The Kier molecular flexibility index (Phi) is 4.16. The lowest BCUT2D eigenvalue weighted by Gasteiger charge is -2.18. The first-order chi connectivity index (χ1) is 7.72. The van der Waals surface area contributed by atoms with Crippen molar-refractivity contribution < 1.29 is 9.53 Å². The lowest BCUT2D eigenvalue weighted by molar-refractivity contribution is 0.0594. The number of nitrogens with zero attached hydrogens (tertiary/aromatic N) is 1. The minimum atomic E-state index is -0.325. The maximum atomic E-state index is 11.4. The number of methoxy groups -OCH3 is 1. The summed E-state index contributed by atoms with van der Waals surface area (Å²) in [6.07, 6.45) is 0. The van der Waals surface area contributed by atoms with Crippen LogP contribution in [0.4, 0.5) is 0 Å². The summed E-state index contributed by atoms with van der Waals surface area (Å²) in [5.41, 5.74) is 0.485. The average molecular weight is 275 g/mol. The maximum Gasteiger partial charge on any atom is 0.357 e. The minimum Gasteiger partial charge on any atom is -0.464 e. The molecule has 0 aromatic carbocycles. The molecule has 0 radical (unpaired) electrons. The minimum absolute atomic E-state index is 0.325. The number of aryl methyl sites for hydroxylation is 1. The fraction of sp³-hybridized carbons (Fsp3) is 0.600. The van der Waals surface area contributed by atoms with E-state index in [-0.39, 0.29) is 5.97 Å². The van der Waals surface area contributed by atoms with E-state index < -0.39 is 0 Å². The topological polar surface area (TPSA) is 39.2 Å². The van der Waals surface area contributed by atoms with E-state index >= 15 is 0 Å². The van der Waals surface area contributed by atoms with Crippen molar-refractivity contribution in [2.24, 2.45) is 0 Å². The van der Waals surface area contributed by atoms with Gasteiger partial charge in [0, 0.05) is 22.1 Å². The van der Waals surface area contributed by atoms with E-state index in [0.29, 0.717) is 10.9 Å². The highest BCUT2D eigenvalue weighted by atomic mass is 32.2. The molecule has 16 heavy (non-hydrogen) atoms. The maximum absolute atomic E-state index is 11.4. The number of aromatic nitrogens is 1. The number of hydrogen-bond donors (Lipinski definition) is 0. The number of carbonyl (C=O) groups excluding carboxylic acids is 1. The lowest BCUT2D eigenvalue weighted by atomic mass is 10.4. The van der Waals surface area contributed by atoms with Crippen molar-refractivity contribution in [3.63, 3.8) is 0 Å². The van der Waals surface area contributed by atoms with Gasteiger partial charge in [-0.1, -0.05) is 0 Å². The van der Waals surface area contributed by atoms with Crippen LogP contribution in [0, 0.1) is 6.92 Å². The SMILES string of the molecule is COC(=O)c1nc(C2CSCCS2)sc1C. The number of hydrogen-bond acceptors (Lipinski definition) is 6. The molecule has 3 nitrogen and oxygen atoms in total. The summed E-state index contributed by atoms with van der Waals surface area (Å²) in [5, 5.41) is 1.51. The third kappa shape index (κ3) is 2.55. The number of carbonyl (C=O) groups is 1. The molecule has 0 bridgehead atoms. The van der Waals surface area contributed by atoms with Gasteiger partial charge >= 0.3 is 5.97 Å². The van der Waals surface area contributed by atoms with Gasteiger partial charge in [0.2, 0.25) is 0 Å². The van der Waals surface area contributed by atoms with Gasteiger partial charge in [-0.2, -0.15) is 11.8 Å². The van der Waals surface area contributed by atoms with Gasteiger partial charge < -0.3 is 4.74 Å². The van der Waals surface area contributed by atoms with Gasteiger partial charge in [-0.25, -0.2) is 9.78 Å². The van der Waals surface area contributed by atoms with Crippen molar-refractivity contribution in [3.05, 3.63) is 15.6 Å². The van der Waals surface area contributed by atoms with Gasteiger partial charge in [0.15, 0.2) is 5.69 Å². The highest BCUT2D eigenvalue weighted by molar-refractivity contribution is 8.06. The van der Waals surface area contributed by atoms with E-state index in [1.807, 2.05) is 30.4 Å². The van der Waals surface area contributed by atoms with Gasteiger partial charge in [-0.3, -0.25) is 0 Å². The van der Waals surface area contributed by atoms with E-state index in [1.54, 1.807) is 11.3 Å². The van der Waals surface area contributed by atoms with Crippen LogP contribution in [-0.2, 0) is 4.74 Å². The molecule has 1 fully saturated rings. The molecule has 1 aliphatic rings. The Morgan fingerprint density at radius 2 is 2.31 bits per heavy atom. The zero-order valence-electron chi connectivity index (χ0n) is 9.19. The van der Waals surface area contributed by atoms with Crippen molar-refractivity contribution in [1.29, 1.82) is 0 Å². The molecule has 6 heteroatoms. The smallest absolute Gasteiger partial charge is 0.357 e. The van der Waals surface area contributed by atoms with Gasteiger partial charge in [-0.15, -0.1) is 23.1 Å². The molecule has 1 atom stereocenters. The average Bonchev–Trinajstić information content (AvgIpc) is 2.71. The fourth-order valence-corrected chi connectivity index (χ4v) is 5.36. The van der Waals surface area contributed by atoms with Gasteiger partial charge in [0.05, 0.1) is 12.4 Å². The number of esters is 1. The largest absolute Gasteiger partial charge is 0.464 e. The third-order valence-electron chi connectivity index (χ3n) is 2.28. The molecule has 0 spiro atoms. The van der Waals surface area contributed by atoms with Crippen LogP contribution < -0.4 is 0 Å². The van der Waals surface area contributed by atoms with Crippen LogP contribution in [-0.4, -0.2) is 35.3 Å². The van der Waals surface area contributed by atoms with Crippen LogP contribution in [0.5, 0.6) is 0 Å². The van der Waals surface area contributed by atoms with Gasteiger partial charge in [0.25, 0.3) is 0 Å². The van der Waals surface area contributed by atoms with Crippen LogP contribution in [0.3, 0.4) is 0 Å². The van der Waals surface area contributed by atoms with E-state index in [0.717, 1.165) is 15.6 Å². The zero-order valence-corrected chi connectivity index (χ0v) is 11.6. The van der Waals surface area contributed by atoms with Crippen LogP contribution in [0.25, 0.3) is 0 Å². The van der Waals surface area contributed by atoms with Crippen molar-refractivity contribution in [2.45, 2.75) is 12.2 Å². The standard InChI is InChI=1S/C10H13NO2S3/c1-6-8(10(12)13-2)11-9(16-6)7-5-14-3-4-15-7/h7H,3-5H2,1-2H3. The Bertz CT molecular complexity index is 385. The molecule has 0 amide bonds. The molecule has 2 rings (SSSR count). The van der Waals surface area contributed by atoms with Crippen LogP contribution in [0.1, 0.15) is 25.6 Å². The van der Waals surface area contributed by atoms with Gasteiger partial charge in [-0.05, 0) is 6.92 Å². The van der Waals surface area contributed by atoms with Crippen LogP contribution in [0.15, 0.2) is 0 Å². The van der Waals surface area contributed by atoms with Crippen LogP contribution in [0.2, 0.25) is 0 Å². The molecule has 0 aliphatic carbocycles. The number of thiazole rings is 1. The summed E-state index contributed by atoms with van der Waals surface area (Å²) in [7, 11) is 1.39. The number of thioether (sulfide) groups is 2. The summed E-state index contributed by atoms with van der Waals surface area (Å²) >= 11 is 5.51. The zero-order chi connectivity index (χ0) is 11.5. The second-order valence-corrected chi connectivity index (χ2v) is 7.08. The molecule has 0 saturated carbocycles. The quantitative estimate of drug-likeness (QED) is 0.776. The first kappa shape index (κ1) is 12.3. The fourth-order valence-electron chi connectivity index (χ4n) is 1.47. The summed E-state index contributed by atoms with van der Waals surface area (Å²) in [6.45, 7) is 1.92. The Hall–Kier alpha value is -0.200. The normalized spacial score (nSPS) is 20.8. The van der Waals surface area contributed by atoms with Gasteiger partial charge in [0.1, 0.15) is 5.01 Å². The summed E-state index contributed by atoms with van der Waals surface area (Å²) < 4.78 is 4.71. The molecule has 1 aliphatic heterocycles. The monoisotopic (exact) mass is 275 g/mol. The Labute approximate surface area is 107 Å². The molecule has 2 heterocycles. The molecule has 1 aromatic heterocycles. The van der Waals surface area contributed by atoms with Crippen molar-refractivity contribution in [3.8, 4) is 0 Å². The summed E-state index contributed by atoms with van der Waals surface area (Å²) in [5.74, 6) is 3.16. The molecule has 88 valence electrons. The Balaban J connectivity index is 2.19. The second-order valence-electron chi connectivity index (χ2n) is 3.38. The summed E-state index contributed by atoms with van der Waals surface area (Å²) in [6, 6.07) is 0. The highest BCUT2D eigenvalue weighted by Crippen LogP contribution is 2.39. The van der Waals surface area contributed by atoms with E-state index in [2.05, 4.69) is 4.98 Å². The van der Waals surface area contributed by atoms with E-state index in [1.165, 1.54) is 18.6 Å². The Morgan fingerprint density at radius 1 is 1.50 bits per heavy atom. The van der Waals surface area contributed by atoms with E-state index in [4.69, 9.17) is 4.74 Å². The predicted octanol–water partition coefficient (Wildman–Crippen LogP) is 2.76. The predicted molar refractivity (Wildman–Crippen MR) is 70.7 cm³/mol. The Morgan fingerprint density at radius 3 is 2.94 bits per heavy atom. The first-order valence-corrected chi connectivity index (χ1v) is 7.99. The third-order valence-corrected chi connectivity index (χ3v) is 6.28. The van der Waals surface area contributed by atoms with Crippen LogP contribution >= 0.6 is 34.9 Å². The molecule has 1 aromatic rings. The molecular weight excluding hydrogens is 262 g/mol. The van der Waals surface area contributed by atoms with Crippen molar-refractivity contribution in [1.82, 2.24) is 4.98 Å². The molecule has 0 N–H and O–H groups in total. The van der Waals surface area contributed by atoms with E-state index in [9.17, 15) is 4.79 Å². The second kappa shape index (κ2) is 5.42. The molecule has 1 saturated heterocycles. The first-order valence-electron chi connectivity index (χ1n) is 4.97. The lowest BCUT2D eigenvalue weighted by Crippen LogP contribution is -2.08. The highest BCUT2D eigenvalue weighted by Gasteiger charge is 2.23. The number of rotatable bonds is 2. The van der Waals surface area contributed by atoms with Crippen molar-refractivity contribution >= 4 is 40.8 Å². The number of ether oxygens (including phenoxy) is 1. The molecular formula is C10H13NO2S3.